The van der Waals surface area contributed by atoms with Crippen molar-refractivity contribution >= 4 is 27.6 Å². The van der Waals surface area contributed by atoms with E-state index in [4.69, 9.17) is 0 Å². The Morgan fingerprint density at radius 1 is 1.00 bits per heavy atom. The number of benzene rings is 1. The average Bonchev–Trinajstić information content (AvgIpc) is 3.22. The van der Waals surface area contributed by atoms with Crippen molar-refractivity contribution in [1.29, 1.82) is 0 Å². The first-order valence-electron chi connectivity index (χ1n) is 10.7. The second-order valence-electron chi connectivity index (χ2n) is 8.64. The molecule has 30 heavy (non-hydrogen) atoms. The molecule has 0 radical (unpaired) electrons. The van der Waals surface area contributed by atoms with Crippen LogP contribution in [0.3, 0.4) is 0 Å². The lowest BCUT2D eigenvalue weighted by Crippen LogP contribution is -2.42. The number of nitrogens with zero attached hydrogens (tertiary/aromatic N) is 2. The molecule has 3 fully saturated rings. The van der Waals surface area contributed by atoms with Crippen LogP contribution in [0.25, 0.3) is 0 Å². The van der Waals surface area contributed by atoms with Crippen LogP contribution >= 0.6 is 0 Å². The minimum absolute atomic E-state index is 0.0281. The van der Waals surface area contributed by atoms with Crippen LogP contribution in [0, 0.1) is 11.8 Å². The molecule has 3 amide bonds. The summed E-state index contributed by atoms with van der Waals surface area (Å²) in [5, 5.41) is 0. The molecule has 1 aliphatic carbocycles. The van der Waals surface area contributed by atoms with Crippen LogP contribution in [-0.4, -0.2) is 60.0 Å². The molecule has 1 aromatic carbocycles. The molecule has 0 N–H and O–H groups in total. The molecule has 7 nitrogen and oxygen atoms in total. The van der Waals surface area contributed by atoms with Gasteiger partial charge in [-0.1, -0.05) is 43.2 Å². The van der Waals surface area contributed by atoms with Crippen molar-refractivity contribution in [3.63, 3.8) is 0 Å². The van der Waals surface area contributed by atoms with Gasteiger partial charge in [0.15, 0.2) is 9.84 Å². The minimum Gasteiger partial charge on any atom is -0.334 e. The molecule has 3 aliphatic rings. The summed E-state index contributed by atoms with van der Waals surface area (Å²) in [6.45, 7) is 0.404. The maximum absolute atomic E-state index is 13.1. The molecule has 4 rings (SSSR count). The molecular weight excluding hydrogens is 404 g/mol. The van der Waals surface area contributed by atoms with Gasteiger partial charge < -0.3 is 4.90 Å². The highest BCUT2D eigenvalue weighted by atomic mass is 32.2. The lowest BCUT2D eigenvalue weighted by atomic mass is 9.81. The van der Waals surface area contributed by atoms with E-state index in [-0.39, 0.29) is 60.1 Å². The van der Waals surface area contributed by atoms with E-state index in [0.717, 1.165) is 31.2 Å². The molecule has 3 unspecified atom stereocenters. The third kappa shape index (κ3) is 4.29. The Hall–Kier alpha value is -2.22. The summed E-state index contributed by atoms with van der Waals surface area (Å²) in [7, 11) is -3.14. The van der Waals surface area contributed by atoms with E-state index in [1.807, 2.05) is 30.3 Å². The molecular formula is C22H28N2O5S. The highest BCUT2D eigenvalue weighted by Gasteiger charge is 2.48. The maximum atomic E-state index is 13.1. The fourth-order valence-electron chi connectivity index (χ4n) is 5.02. The van der Waals surface area contributed by atoms with E-state index in [2.05, 4.69) is 0 Å². The van der Waals surface area contributed by atoms with E-state index < -0.39 is 9.84 Å². The number of carbonyl (C=O) groups excluding carboxylic acids is 3. The van der Waals surface area contributed by atoms with Crippen LogP contribution < -0.4 is 0 Å². The monoisotopic (exact) mass is 432 g/mol. The van der Waals surface area contributed by atoms with Crippen molar-refractivity contribution in [2.45, 2.75) is 51.1 Å². The Morgan fingerprint density at radius 2 is 1.63 bits per heavy atom. The number of carbonyl (C=O) groups is 3. The number of hydrogen-bond donors (Lipinski definition) is 0. The molecule has 1 saturated carbocycles. The Bertz CT molecular complexity index is 906. The zero-order valence-corrected chi connectivity index (χ0v) is 17.9. The summed E-state index contributed by atoms with van der Waals surface area (Å²) < 4.78 is 24.0. The molecule has 0 aromatic heterocycles. The first-order chi connectivity index (χ1) is 14.4. The molecule has 0 spiro atoms. The van der Waals surface area contributed by atoms with Gasteiger partial charge in [0, 0.05) is 25.6 Å². The maximum Gasteiger partial charge on any atom is 0.233 e. The Kier molecular flexibility index (Phi) is 5.95. The SMILES string of the molecule is O=C1C2CCCCC2C(=O)N1CCC(=O)N(Cc1ccccc1)C1CCS(=O)(=O)C1. The number of sulfone groups is 1. The summed E-state index contributed by atoms with van der Waals surface area (Å²) in [4.78, 5) is 41.3. The van der Waals surface area contributed by atoms with Gasteiger partial charge in [-0.15, -0.1) is 0 Å². The van der Waals surface area contributed by atoms with E-state index in [9.17, 15) is 22.8 Å². The predicted molar refractivity (Wildman–Crippen MR) is 111 cm³/mol. The topological polar surface area (TPSA) is 91.8 Å². The number of imide groups is 1. The largest absolute Gasteiger partial charge is 0.334 e. The Balaban J connectivity index is 1.45. The first kappa shape index (κ1) is 21.0. The fraction of sp³-hybridized carbons (Fsp3) is 0.591. The number of fused-ring (bicyclic) bond motifs is 1. The van der Waals surface area contributed by atoms with Crippen molar-refractivity contribution in [1.82, 2.24) is 9.80 Å². The summed E-state index contributed by atoms with van der Waals surface area (Å²) in [5.74, 6) is -0.883. The quantitative estimate of drug-likeness (QED) is 0.639. The van der Waals surface area contributed by atoms with Crippen LogP contribution in [0.4, 0.5) is 0 Å². The van der Waals surface area contributed by atoms with Gasteiger partial charge in [-0.3, -0.25) is 19.3 Å². The van der Waals surface area contributed by atoms with Crippen LogP contribution in [-0.2, 0) is 30.8 Å². The van der Waals surface area contributed by atoms with Gasteiger partial charge in [0.2, 0.25) is 17.7 Å². The molecule has 0 bridgehead atoms. The van der Waals surface area contributed by atoms with Gasteiger partial charge in [-0.2, -0.15) is 0 Å². The third-order valence-electron chi connectivity index (χ3n) is 6.65. The number of likely N-dealkylation sites (tertiary alicyclic amines) is 1. The first-order valence-corrected chi connectivity index (χ1v) is 12.6. The summed E-state index contributed by atoms with van der Waals surface area (Å²) in [5.41, 5.74) is 0.925. The van der Waals surface area contributed by atoms with Crippen LogP contribution in [0.5, 0.6) is 0 Å². The van der Waals surface area contributed by atoms with Crippen molar-refractivity contribution in [3.8, 4) is 0 Å². The smallest absolute Gasteiger partial charge is 0.233 e. The van der Waals surface area contributed by atoms with E-state index in [1.54, 1.807) is 4.90 Å². The van der Waals surface area contributed by atoms with Gasteiger partial charge in [0.25, 0.3) is 0 Å². The van der Waals surface area contributed by atoms with E-state index >= 15 is 0 Å². The molecule has 2 aliphatic heterocycles. The van der Waals surface area contributed by atoms with Gasteiger partial charge in [0.1, 0.15) is 0 Å². The molecule has 2 heterocycles. The molecule has 8 heteroatoms. The van der Waals surface area contributed by atoms with Crippen molar-refractivity contribution in [2.24, 2.45) is 11.8 Å². The zero-order chi connectivity index (χ0) is 21.3. The lowest BCUT2D eigenvalue weighted by molar-refractivity contribution is -0.141. The molecule has 162 valence electrons. The lowest BCUT2D eigenvalue weighted by Gasteiger charge is -2.29. The van der Waals surface area contributed by atoms with Crippen molar-refractivity contribution in [3.05, 3.63) is 35.9 Å². The molecule has 1 aromatic rings. The summed E-state index contributed by atoms with van der Waals surface area (Å²) in [6.07, 6.45) is 3.88. The fourth-order valence-corrected chi connectivity index (χ4v) is 6.76. The number of amides is 3. The van der Waals surface area contributed by atoms with Crippen LogP contribution in [0.1, 0.15) is 44.1 Å². The number of rotatable bonds is 6. The second kappa shape index (κ2) is 8.49. The van der Waals surface area contributed by atoms with E-state index in [1.165, 1.54) is 4.90 Å². The van der Waals surface area contributed by atoms with Gasteiger partial charge in [-0.25, -0.2) is 8.42 Å². The molecule has 2 saturated heterocycles. The van der Waals surface area contributed by atoms with Gasteiger partial charge >= 0.3 is 0 Å². The predicted octanol–water partition coefficient (Wildman–Crippen LogP) is 1.77. The van der Waals surface area contributed by atoms with Crippen LogP contribution in [0.2, 0.25) is 0 Å². The van der Waals surface area contributed by atoms with E-state index in [0.29, 0.717) is 13.0 Å². The average molecular weight is 433 g/mol. The normalized spacial score (nSPS) is 27.9. The molecule has 3 atom stereocenters. The van der Waals surface area contributed by atoms with Crippen molar-refractivity contribution in [2.75, 3.05) is 18.1 Å². The second-order valence-corrected chi connectivity index (χ2v) is 10.9. The standard InChI is InChI=1S/C22H28N2O5S/c25-20(10-12-23-21(26)18-8-4-5-9-19(18)22(23)27)24(14-16-6-2-1-3-7-16)17-11-13-30(28,29)15-17/h1-3,6-7,17-19H,4-5,8-15H2. The summed E-state index contributed by atoms with van der Waals surface area (Å²) >= 11 is 0. The van der Waals surface area contributed by atoms with Gasteiger partial charge in [-0.05, 0) is 24.8 Å². The van der Waals surface area contributed by atoms with Crippen LogP contribution in [0.15, 0.2) is 30.3 Å². The summed E-state index contributed by atoms with van der Waals surface area (Å²) in [6, 6.07) is 9.10. The van der Waals surface area contributed by atoms with Crippen molar-refractivity contribution < 1.29 is 22.8 Å². The van der Waals surface area contributed by atoms with Gasteiger partial charge in [0.05, 0.1) is 23.3 Å². The third-order valence-corrected chi connectivity index (χ3v) is 8.40. The Morgan fingerprint density at radius 3 is 2.20 bits per heavy atom. The Labute approximate surface area is 177 Å². The highest BCUT2D eigenvalue weighted by molar-refractivity contribution is 7.91. The number of hydrogen-bond acceptors (Lipinski definition) is 5. The highest BCUT2D eigenvalue weighted by Crippen LogP contribution is 2.38. The minimum atomic E-state index is -3.14. The zero-order valence-electron chi connectivity index (χ0n) is 17.0.